The average molecular weight is 319 g/mol. The SMILES string of the molecule is CC1CC(CN)CN1C(=O)c1cc(N2CCCC2=O)ccc1F. The van der Waals surface area contributed by atoms with E-state index in [2.05, 4.69) is 0 Å². The van der Waals surface area contributed by atoms with Crippen LogP contribution in [0, 0.1) is 11.7 Å². The minimum absolute atomic E-state index is 0.0211. The fourth-order valence-corrected chi connectivity index (χ4v) is 3.52. The minimum Gasteiger partial charge on any atom is -0.336 e. The zero-order valence-corrected chi connectivity index (χ0v) is 13.3. The summed E-state index contributed by atoms with van der Waals surface area (Å²) in [7, 11) is 0. The van der Waals surface area contributed by atoms with Crippen LogP contribution in [-0.2, 0) is 4.79 Å². The van der Waals surface area contributed by atoms with Gasteiger partial charge in [0.15, 0.2) is 0 Å². The lowest BCUT2D eigenvalue weighted by molar-refractivity contribution is -0.117. The molecule has 124 valence electrons. The molecule has 2 aliphatic rings. The highest BCUT2D eigenvalue weighted by atomic mass is 19.1. The number of hydrogen-bond donors (Lipinski definition) is 1. The molecule has 2 fully saturated rings. The molecule has 6 heteroatoms. The second kappa shape index (κ2) is 6.28. The summed E-state index contributed by atoms with van der Waals surface area (Å²) in [5.41, 5.74) is 6.32. The third kappa shape index (κ3) is 2.95. The predicted molar refractivity (Wildman–Crippen MR) is 85.6 cm³/mol. The molecule has 2 N–H and O–H groups in total. The van der Waals surface area contributed by atoms with Crippen molar-refractivity contribution < 1.29 is 14.0 Å². The number of halogens is 1. The molecular formula is C17H22FN3O2. The van der Waals surface area contributed by atoms with Crippen LogP contribution in [0.5, 0.6) is 0 Å². The first-order chi connectivity index (χ1) is 11.0. The van der Waals surface area contributed by atoms with Gasteiger partial charge in [-0.2, -0.15) is 0 Å². The lowest BCUT2D eigenvalue weighted by Crippen LogP contribution is -2.35. The molecule has 0 aliphatic carbocycles. The van der Waals surface area contributed by atoms with Crippen molar-refractivity contribution >= 4 is 17.5 Å². The monoisotopic (exact) mass is 319 g/mol. The quantitative estimate of drug-likeness (QED) is 0.923. The Bertz CT molecular complexity index is 634. The van der Waals surface area contributed by atoms with Crippen LogP contribution in [-0.4, -0.2) is 42.4 Å². The molecule has 0 spiro atoms. The second-order valence-electron chi connectivity index (χ2n) is 6.46. The standard InChI is InChI=1S/C17H22FN3O2/c1-11-7-12(9-19)10-21(11)17(23)14-8-13(4-5-15(14)18)20-6-2-3-16(20)22/h4-5,8,11-12H,2-3,6-7,9-10,19H2,1H3. The van der Waals surface area contributed by atoms with E-state index in [4.69, 9.17) is 5.73 Å². The Balaban J connectivity index is 1.87. The number of amides is 2. The van der Waals surface area contributed by atoms with E-state index in [0.717, 1.165) is 12.8 Å². The van der Waals surface area contributed by atoms with Gasteiger partial charge in [0.05, 0.1) is 5.56 Å². The minimum atomic E-state index is -0.547. The average Bonchev–Trinajstić information content (AvgIpc) is 3.13. The molecule has 23 heavy (non-hydrogen) atoms. The highest BCUT2D eigenvalue weighted by Crippen LogP contribution is 2.28. The Labute approximate surface area is 135 Å². The zero-order chi connectivity index (χ0) is 16.6. The van der Waals surface area contributed by atoms with Gasteiger partial charge >= 0.3 is 0 Å². The molecule has 2 heterocycles. The van der Waals surface area contributed by atoms with Gasteiger partial charge in [0, 0.05) is 31.2 Å². The number of benzene rings is 1. The summed E-state index contributed by atoms with van der Waals surface area (Å²) in [6, 6.07) is 4.39. The van der Waals surface area contributed by atoms with E-state index in [1.165, 1.54) is 12.1 Å². The first kappa shape index (κ1) is 15.9. The van der Waals surface area contributed by atoms with Crippen molar-refractivity contribution in [2.75, 3.05) is 24.5 Å². The van der Waals surface area contributed by atoms with E-state index in [9.17, 15) is 14.0 Å². The molecule has 5 nitrogen and oxygen atoms in total. The van der Waals surface area contributed by atoms with Gasteiger partial charge in [0.2, 0.25) is 5.91 Å². The summed E-state index contributed by atoms with van der Waals surface area (Å²) in [6.07, 6.45) is 2.14. The summed E-state index contributed by atoms with van der Waals surface area (Å²) in [5.74, 6) is -0.582. The van der Waals surface area contributed by atoms with Crippen molar-refractivity contribution in [2.45, 2.75) is 32.2 Å². The van der Waals surface area contributed by atoms with E-state index in [-0.39, 0.29) is 29.3 Å². The largest absolute Gasteiger partial charge is 0.336 e. The maximum absolute atomic E-state index is 14.2. The Morgan fingerprint density at radius 1 is 1.43 bits per heavy atom. The summed E-state index contributed by atoms with van der Waals surface area (Å²) in [6.45, 7) is 3.66. The van der Waals surface area contributed by atoms with E-state index in [1.807, 2.05) is 6.92 Å². The van der Waals surface area contributed by atoms with Gasteiger partial charge in [-0.25, -0.2) is 4.39 Å². The van der Waals surface area contributed by atoms with Crippen molar-refractivity contribution in [3.8, 4) is 0 Å². The van der Waals surface area contributed by atoms with Crippen molar-refractivity contribution in [3.63, 3.8) is 0 Å². The Morgan fingerprint density at radius 3 is 2.83 bits per heavy atom. The van der Waals surface area contributed by atoms with Crippen molar-refractivity contribution in [2.24, 2.45) is 11.7 Å². The molecule has 1 aromatic rings. The molecular weight excluding hydrogens is 297 g/mol. The molecule has 0 radical (unpaired) electrons. The molecule has 0 bridgehead atoms. The Kier molecular flexibility index (Phi) is 4.35. The van der Waals surface area contributed by atoms with E-state index in [1.54, 1.807) is 15.9 Å². The molecule has 2 unspecified atom stereocenters. The molecule has 2 aliphatic heterocycles. The molecule has 0 saturated carbocycles. The molecule has 1 aromatic carbocycles. The number of nitrogens with zero attached hydrogens (tertiary/aromatic N) is 2. The third-order valence-corrected chi connectivity index (χ3v) is 4.82. The van der Waals surface area contributed by atoms with Crippen LogP contribution in [0.3, 0.4) is 0 Å². The van der Waals surface area contributed by atoms with Crippen LogP contribution < -0.4 is 10.6 Å². The molecule has 2 atom stereocenters. The first-order valence-electron chi connectivity index (χ1n) is 8.12. The highest BCUT2D eigenvalue weighted by Gasteiger charge is 2.33. The lowest BCUT2D eigenvalue weighted by Gasteiger charge is -2.23. The predicted octanol–water partition coefficient (Wildman–Crippen LogP) is 1.76. The maximum Gasteiger partial charge on any atom is 0.257 e. The smallest absolute Gasteiger partial charge is 0.257 e. The van der Waals surface area contributed by atoms with Gasteiger partial charge in [-0.15, -0.1) is 0 Å². The van der Waals surface area contributed by atoms with E-state index >= 15 is 0 Å². The number of hydrogen-bond acceptors (Lipinski definition) is 3. The van der Waals surface area contributed by atoms with Gasteiger partial charge < -0.3 is 15.5 Å². The van der Waals surface area contributed by atoms with E-state index in [0.29, 0.717) is 31.7 Å². The fourth-order valence-electron chi connectivity index (χ4n) is 3.52. The third-order valence-electron chi connectivity index (χ3n) is 4.82. The Morgan fingerprint density at radius 2 is 2.22 bits per heavy atom. The van der Waals surface area contributed by atoms with Crippen LogP contribution in [0.25, 0.3) is 0 Å². The summed E-state index contributed by atoms with van der Waals surface area (Å²) in [4.78, 5) is 27.9. The summed E-state index contributed by atoms with van der Waals surface area (Å²) >= 11 is 0. The van der Waals surface area contributed by atoms with Gasteiger partial charge in [-0.1, -0.05) is 0 Å². The van der Waals surface area contributed by atoms with Crippen molar-refractivity contribution in [1.29, 1.82) is 0 Å². The second-order valence-corrected chi connectivity index (χ2v) is 6.46. The maximum atomic E-state index is 14.2. The normalized spacial score (nSPS) is 24.6. The van der Waals surface area contributed by atoms with Crippen LogP contribution in [0.4, 0.5) is 10.1 Å². The highest BCUT2D eigenvalue weighted by molar-refractivity contribution is 5.99. The van der Waals surface area contributed by atoms with Crippen LogP contribution in [0.15, 0.2) is 18.2 Å². The number of anilines is 1. The van der Waals surface area contributed by atoms with Crippen molar-refractivity contribution in [3.05, 3.63) is 29.6 Å². The lowest BCUT2D eigenvalue weighted by atomic mass is 10.1. The van der Waals surface area contributed by atoms with Crippen LogP contribution >= 0.6 is 0 Å². The van der Waals surface area contributed by atoms with Gasteiger partial charge in [-0.05, 0) is 50.4 Å². The number of carbonyl (C=O) groups excluding carboxylic acids is 2. The van der Waals surface area contributed by atoms with Crippen LogP contribution in [0.1, 0.15) is 36.5 Å². The molecule has 2 saturated heterocycles. The molecule has 2 amide bonds. The van der Waals surface area contributed by atoms with Crippen LogP contribution in [0.2, 0.25) is 0 Å². The summed E-state index contributed by atoms with van der Waals surface area (Å²) < 4.78 is 14.2. The molecule has 0 aromatic heterocycles. The fraction of sp³-hybridized carbons (Fsp3) is 0.529. The van der Waals surface area contributed by atoms with Gasteiger partial charge in [-0.3, -0.25) is 9.59 Å². The number of likely N-dealkylation sites (tertiary alicyclic amines) is 1. The van der Waals surface area contributed by atoms with Gasteiger partial charge in [0.1, 0.15) is 5.82 Å². The Hall–Kier alpha value is -1.95. The molecule has 3 rings (SSSR count). The number of nitrogens with two attached hydrogens (primary N) is 1. The summed E-state index contributed by atoms with van der Waals surface area (Å²) in [5, 5.41) is 0. The van der Waals surface area contributed by atoms with Gasteiger partial charge in [0.25, 0.3) is 5.91 Å². The number of rotatable bonds is 3. The zero-order valence-electron chi connectivity index (χ0n) is 13.3. The van der Waals surface area contributed by atoms with E-state index < -0.39 is 5.82 Å². The topological polar surface area (TPSA) is 66.6 Å². The number of carbonyl (C=O) groups is 2. The first-order valence-corrected chi connectivity index (χ1v) is 8.12. The van der Waals surface area contributed by atoms with Crippen molar-refractivity contribution in [1.82, 2.24) is 4.90 Å².